The minimum atomic E-state index is -0.632. The van der Waals surface area contributed by atoms with E-state index in [2.05, 4.69) is 20.9 Å². The van der Waals surface area contributed by atoms with Crippen LogP contribution in [0.1, 0.15) is 31.7 Å². The monoisotopic (exact) mass is 430 g/mol. The fourth-order valence-corrected chi connectivity index (χ4v) is 3.26. The number of rotatable bonds is 2. The predicted octanol–water partition coefficient (Wildman–Crippen LogP) is 1.79. The van der Waals surface area contributed by atoms with Crippen LogP contribution in [-0.4, -0.2) is 49.6 Å². The van der Waals surface area contributed by atoms with Crippen LogP contribution in [0.15, 0.2) is 22.6 Å². The van der Waals surface area contributed by atoms with Gasteiger partial charge in [-0.1, -0.05) is 13.8 Å². The zero-order valence-electron chi connectivity index (χ0n) is 18.4. The number of fused-ring (bicyclic) bond motifs is 5. The number of ether oxygens (including phenoxy) is 2. The Morgan fingerprint density at radius 3 is 2.77 bits per heavy atom. The van der Waals surface area contributed by atoms with E-state index in [0.29, 0.717) is 48.4 Å². The molecule has 0 saturated carbocycles. The van der Waals surface area contributed by atoms with Crippen LogP contribution in [0.5, 0.6) is 11.5 Å². The van der Waals surface area contributed by atoms with Crippen LogP contribution < -0.4 is 25.4 Å². The normalized spacial score (nSPS) is 18.4. The Bertz CT molecular complexity index is 925. The number of nitrogens with zero attached hydrogens (tertiary/aromatic N) is 1. The van der Waals surface area contributed by atoms with E-state index < -0.39 is 6.04 Å². The summed E-state index contributed by atoms with van der Waals surface area (Å²) in [4.78, 5) is 29.5. The molecule has 1 aromatic heterocycles. The van der Waals surface area contributed by atoms with Crippen molar-refractivity contribution in [1.29, 1.82) is 0 Å². The van der Waals surface area contributed by atoms with Crippen LogP contribution in [-0.2, 0) is 16.1 Å². The number of carbonyl (C=O) groups is 2. The van der Waals surface area contributed by atoms with Crippen LogP contribution in [0.3, 0.4) is 0 Å². The van der Waals surface area contributed by atoms with E-state index in [1.54, 1.807) is 20.1 Å². The lowest BCUT2D eigenvalue weighted by Gasteiger charge is -2.21. The molecule has 1 aliphatic heterocycles. The summed E-state index contributed by atoms with van der Waals surface area (Å²) in [5, 5.41) is 8.74. The minimum Gasteiger partial charge on any atom is -0.493 e. The van der Waals surface area contributed by atoms with E-state index in [-0.39, 0.29) is 30.8 Å². The highest BCUT2D eigenvalue weighted by Gasteiger charge is 2.24. The van der Waals surface area contributed by atoms with Crippen molar-refractivity contribution in [3.05, 3.63) is 29.7 Å². The molecule has 2 heterocycles. The highest BCUT2D eigenvalue weighted by molar-refractivity contribution is 5.88. The predicted molar refractivity (Wildman–Crippen MR) is 115 cm³/mol. The van der Waals surface area contributed by atoms with E-state index in [1.165, 1.54) is 0 Å². The second-order valence-electron chi connectivity index (χ2n) is 7.77. The summed E-state index contributed by atoms with van der Waals surface area (Å²) < 4.78 is 17.1. The molecule has 3 rings (SSSR count). The Kier molecular flexibility index (Phi) is 7.51. The van der Waals surface area contributed by atoms with E-state index in [0.717, 1.165) is 5.56 Å². The molecule has 0 aliphatic carbocycles. The molecule has 0 radical (unpaired) electrons. The SMILES string of the molecule is COc1ccc2cc1OCCCNCC(=O)N[C@@H](C(C)C)C(=O)NCc1nc-2oc1C. The van der Waals surface area contributed by atoms with Gasteiger partial charge in [0.25, 0.3) is 0 Å². The molecule has 0 spiro atoms. The summed E-state index contributed by atoms with van der Waals surface area (Å²) in [6, 6.07) is 4.85. The van der Waals surface area contributed by atoms with Gasteiger partial charge in [0, 0.05) is 5.56 Å². The molecule has 1 aliphatic rings. The highest BCUT2D eigenvalue weighted by Crippen LogP contribution is 2.33. The molecule has 9 nitrogen and oxygen atoms in total. The van der Waals surface area contributed by atoms with Crippen LogP contribution >= 0.6 is 0 Å². The zero-order valence-corrected chi connectivity index (χ0v) is 18.4. The van der Waals surface area contributed by atoms with Gasteiger partial charge in [-0.05, 0) is 44.0 Å². The Hall–Kier alpha value is -3.07. The number of aromatic nitrogens is 1. The van der Waals surface area contributed by atoms with E-state index in [4.69, 9.17) is 13.9 Å². The summed E-state index contributed by atoms with van der Waals surface area (Å²) in [5.74, 6) is 1.70. The lowest BCUT2D eigenvalue weighted by Crippen LogP contribution is -2.51. The number of methoxy groups -OCH3 is 1. The van der Waals surface area contributed by atoms with Gasteiger partial charge in [-0.25, -0.2) is 4.98 Å². The number of oxazole rings is 1. The third kappa shape index (κ3) is 5.75. The standard InChI is InChI=1S/C22H30N4O5/c1-13(2)20-21(28)24-11-16-14(3)31-22(25-16)15-6-7-17(29-4)18(10-15)30-9-5-8-23-12-19(27)26-20/h6-7,10,13,20,23H,5,8-9,11-12H2,1-4H3,(H,24,28)(H,26,27)/t20-/m0/s1. The first-order valence-electron chi connectivity index (χ1n) is 10.4. The van der Waals surface area contributed by atoms with Gasteiger partial charge in [0.1, 0.15) is 17.5 Å². The van der Waals surface area contributed by atoms with Crippen molar-refractivity contribution < 1.29 is 23.5 Å². The van der Waals surface area contributed by atoms with E-state index >= 15 is 0 Å². The molecule has 168 valence electrons. The van der Waals surface area contributed by atoms with Gasteiger partial charge in [0.15, 0.2) is 11.5 Å². The van der Waals surface area contributed by atoms with Crippen LogP contribution in [0.4, 0.5) is 0 Å². The van der Waals surface area contributed by atoms with Crippen molar-refractivity contribution in [2.75, 3.05) is 26.8 Å². The topological polar surface area (TPSA) is 115 Å². The summed E-state index contributed by atoms with van der Waals surface area (Å²) in [6.07, 6.45) is 0.691. The average molecular weight is 431 g/mol. The first-order valence-corrected chi connectivity index (χ1v) is 10.4. The highest BCUT2D eigenvalue weighted by atomic mass is 16.5. The quantitative estimate of drug-likeness (QED) is 0.665. The van der Waals surface area contributed by atoms with Gasteiger partial charge in [0.05, 0.1) is 26.8 Å². The average Bonchev–Trinajstić information content (AvgIpc) is 3.12. The van der Waals surface area contributed by atoms with Crippen LogP contribution in [0.25, 0.3) is 11.5 Å². The number of aryl methyl sites for hydroxylation is 1. The Morgan fingerprint density at radius 2 is 2.03 bits per heavy atom. The lowest BCUT2D eigenvalue weighted by atomic mass is 10.0. The molecule has 4 bridgehead atoms. The number of hydrogen-bond acceptors (Lipinski definition) is 7. The molecule has 1 atom stereocenters. The van der Waals surface area contributed by atoms with Crippen molar-refractivity contribution >= 4 is 11.8 Å². The summed E-state index contributed by atoms with van der Waals surface area (Å²) >= 11 is 0. The Balaban J connectivity index is 1.88. The molecule has 0 fully saturated rings. The second kappa shape index (κ2) is 10.3. The minimum absolute atomic E-state index is 0.0605. The molecular formula is C22H30N4O5. The van der Waals surface area contributed by atoms with Crippen molar-refractivity contribution in [2.24, 2.45) is 5.92 Å². The maximum atomic E-state index is 12.7. The zero-order chi connectivity index (χ0) is 22.4. The maximum absolute atomic E-state index is 12.7. The number of benzene rings is 1. The van der Waals surface area contributed by atoms with Gasteiger partial charge < -0.3 is 29.8 Å². The summed E-state index contributed by atoms with van der Waals surface area (Å²) in [6.45, 7) is 6.95. The fraction of sp³-hybridized carbons (Fsp3) is 0.500. The molecule has 9 heteroatoms. The molecule has 3 N–H and O–H groups in total. The first kappa shape index (κ1) is 22.6. The molecule has 31 heavy (non-hydrogen) atoms. The largest absolute Gasteiger partial charge is 0.493 e. The molecule has 0 saturated heterocycles. The first-order chi connectivity index (χ1) is 14.9. The van der Waals surface area contributed by atoms with Crippen molar-refractivity contribution in [2.45, 2.75) is 39.8 Å². The van der Waals surface area contributed by atoms with Gasteiger partial charge >= 0.3 is 0 Å². The molecule has 1 aromatic carbocycles. The third-order valence-electron chi connectivity index (χ3n) is 5.04. The summed E-state index contributed by atoms with van der Waals surface area (Å²) in [7, 11) is 1.58. The van der Waals surface area contributed by atoms with Gasteiger partial charge in [-0.15, -0.1) is 0 Å². The van der Waals surface area contributed by atoms with Crippen molar-refractivity contribution in [3.8, 4) is 23.0 Å². The third-order valence-corrected chi connectivity index (χ3v) is 5.04. The fourth-order valence-electron chi connectivity index (χ4n) is 3.26. The molecule has 2 amide bonds. The molecule has 2 aromatic rings. The van der Waals surface area contributed by atoms with Gasteiger partial charge in [-0.3, -0.25) is 9.59 Å². The molecular weight excluding hydrogens is 400 g/mol. The molecule has 0 unspecified atom stereocenters. The van der Waals surface area contributed by atoms with E-state index in [9.17, 15) is 9.59 Å². The van der Waals surface area contributed by atoms with Crippen molar-refractivity contribution in [1.82, 2.24) is 20.9 Å². The Morgan fingerprint density at radius 1 is 1.23 bits per heavy atom. The van der Waals surface area contributed by atoms with Gasteiger partial charge in [-0.2, -0.15) is 0 Å². The smallest absolute Gasteiger partial charge is 0.243 e. The Labute approximate surface area is 181 Å². The second-order valence-corrected chi connectivity index (χ2v) is 7.77. The number of carbonyl (C=O) groups excluding carboxylic acids is 2. The van der Waals surface area contributed by atoms with Crippen LogP contribution in [0.2, 0.25) is 0 Å². The number of nitrogens with one attached hydrogen (secondary N) is 3. The summed E-state index contributed by atoms with van der Waals surface area (Å²) in [5.41, 5.74) is 1.38. The maximum Gasteiger partial charge on any atom is 0.243 e. The van der Waals surface area contributed by atoms with Crippen molar-refractivity contribution in [3.63, 3.8) is 0 Å². The van der Waals surface area contributed by atoms with Crippen LogP contribution in [0, 0.1) is 12.8 Å². The number of hydrogen-bond donors (Lipinski definition) is 3. The van der Waals surface area contributed by atoms with E-state index in [1.807, 2.05) is 26.0 Å². The van der Waals surface area contributed by atoms with Gasteiger partial charge in [0.2, 0.25) is 17.7 Å². The number of amides is 2. The lowest BCUT2D eigenvalue weighted by molar-refractivity contribution is -0.129.